The third-order valence-corrected chi connectivity index (χ3v) is 2.71. The van der Waals surface area contributed by atoms with Gasteiger partial charge in [0.25, 0.3) is 0 Å². The van der Waals surface area contributed by atoms with Crippen LogP contribution in [0.2, 0.25) is 0 Å². The largest absolute Gasteiger partial charge is 0.356 e. The Kier molecular flexibility index (Phi) is 5.97. The van der Waals surface area contributed by atoms with Gasteiger partial charge < -0.3 is 16.0 Å². The summed E-state index contributed by atoms with van der Waals surface area (Å²) in [5.41, 5.74) is 0. The van der Waals surface area contributed by atoms with E-state index in [1.165, 1.54) is 0 Å². The molecule has 1 fully saturated rings. The molecule has 1 aliphatic heterocycles. The second-order valence-corrected chi connectivity index (χ2v) is 4.96. The van der Waals surface area contributed by atoms with Gasteiger partial charge in [0.05, 0.1) is 0 Å². The number of carbonyl (C=O) groups is 2. The van der Waals surface area contributed by atoms with Gasteiger partial charge in [-0.15, -0.1) is 0 Å². The molecule has 1 aliphatic rings. The summed E-state index contributed by atoms with van der Waals surface area (Å²) in [6.07, 6.45) is 2.01. The predicted octanol–water partition coefficient (Wildman–Crippen LogP) is 0.0169. The number of amides is 2. The van der Waals surface area contributed by atoms with E-state index in [2.05, 4.69) is 29.8 Å². The Labute approximate surface area is 103 Å². The first-order valence-electron chi connectivity index (χ1n) is 6.34. The van der Waals surface area contributed by atoms with Crippen LogP contribution in [-0.4, -0.2) is 37.5 Å². The summed E-state index contributed by atoms with van der Waals surface area (Å²) in [7, 11) is 0. The smallest absolute Gasteiger partial charge is 0.221 e. The molecule has 5 nitrogen and oxygen atoms in total. The molecule has 0 radical (unpaired) electrons. The Hall–Kier alpha value is -1.10. The van der Waals surface area contributed by atoms with Crippen LogP contribution in [0.1, 0.15) is 33.1 Å². The molecule has 3 N–H and O–H groups in total. The standard InChI is InChI=1S/C12H23N3O2/c1-9(2)7-14-11(16)5-6-13-8-10-3-4-12(17)15-10/h9-10,13H,3-8H2,1-2H3,(H,14,16)(H,15,17). The molecule has 1 atom stereocenters. The molecule has 1 saturated heterocycles. The average molecular weight is 241 g/mol. The van der Waals surface area contributed by atoms with Gasteiger partial charge in [-0.05, 0) is 12.3 Å². The fraction of sp³-hybridized carbons (Fsp3) is 0.833. The van der Waals surface area contributed by atoms with Crippen LogP contribution in [0.15, 0.2) is 0 Å². The molecular formula is C12H23N3O2. The highest BCUT2D eigenvalue weighted by atomic mass is 16.2. The van der Waals surface area contributed by atoms with Crippen molar-refractivity contribution in [1.82, 2.24) is 16.0 Å². The molecule has 0 spiro atoms. The summed E-state index contributed by atoms with van der Waals surface area (Å²) in [5, 5.41) is 8.94. The number of hydrogen-bond donors (Lipinski definition) is 3. The van der Waals surface area contributed by atoms with Gasteiger partial charge in [-0.2, -0.15) is 0 Å². The Morgan fingerprint density at radius 1 is 1.53 bits per heavy atom. The summed E-state index contributed by atoms with van der Waals surface area (Å²) in [4.78, 5) is 22.3. The third-order valence-electron chi connectivity index (χ3n) is 2.71. The predicted molar refractivity (Wildman–Crippen MR) is 66.5 cm³/mol. The second kappa shape index (κ2) is 7.27. The fourth-order valence-electron chi connectivity index (χ4n) is 1.71. The van der Waals surface area contributed by atoms with Gasteiger partial charge >= 0.3 is 0 Å². The molecule has 1 heterocycles. The van der Waals surface area contributed by atoms with Crippen molar-refractivity contribution in [2.45, 2.75) is 39.2 Å². The van der Waals surface area contributed by atoms with Crippen LogP contribution >= 0.6 is 0 Å². The van der Waals surface area contributed by atoms with E-state index in [1.807, 2.05) is 0 Å². The highest BCUT2D eigenvalue weighted by molar-refractivity contribution is 5.78. The number of hydrogen-bond acceptors (Lipinski definition) is 3. The fourth-order valence-corrected chi connectivity index (χ4v) is 1.71. The van der Waals surface area contributed by atoms with Gasteiger partial charge in [0.15, 0.2) is 0 Å². The van der Waals surface area contributed by atoms with Crippen molar-refractivity contribution >= 4 is 11.8 Å². The van der Waals surface area contributed by atoms with E-state index >= 15 is 0 Å². The molecular weight excluding hydrogens is 218 g/mol. The SMILES string of the molecule is CC(C)CNC(=O)CCNCC1CCC(=O)N1. The molecule has 2 amide bonds. The molecule has 1 rings (SSSR count). The summed E-state index contributed by atoms with van der Waals surface area (Å²) >= 11 is 0. The number of carbonyl (C=O) groups excluding carboxylic acids is 2. The molecule has 1 unspecified atom stereocenters. The highest BCUT2D eigenvalue weighted by Crippen LogP contribution is 2.04. The Bertz CT molecular complexity index is 266. The van der Waals surface area contributed by atoms with E-state index in [9.17, 15) is 9.59 Å². The molecule has 17 heavy (non-hydrogen) atoms. The lowest BCUT2D eigenvalue weighted by molar-refractivity contribution is -0.121. The monoisotopic (exact) mass is 241 g/mol. The lowest BCUT2D eigenvalue weighted by atomic mass is 10.2. The van der Waals surface area contributed by atoms with E-state index < -0.39 is 0 Å². The van der Waals surface area contributed by atoms with Gasteiger partial charge in [0, 0.05) is 38.5 Å². The summed E-state index contributed by atoms with van der Waals surface area (Å²) < 4.78 is 0. The lowest BCUT2D eigenvalue weighted by Crippen LogP contribution is -2.37. The summed E-state index contributed by atoms with van der Waals surface area (Å²) in [5.74, 6) is 0.703. The van der Waals surface area contributed by atoms with Crippen LogP contribution < -0.4 is 16.0 Å². The average Bonchev–Trinajstić information content (AvgIpc) is 2.68. The molecule has 0 aromatic carbocycles. The number of rotatable bonds is 7. The topological polar surface area (TPSA) is 70.2 Å². The van der Waals surface area contributed by atoms with Crippen LogP contribution in [0.3, 0.4) is 0 Å². The van der Waals surface area contributed by atoms with Crippen molar-refractivity contribution in [2.75, 3.05) is 19.6 Å². The van der Waals surface area contributed by atoms with Crippen LogP contribution in [-0.2, 0) is 9.59 Å². The van der Waals surface area contributed by atoms with E-state index in [0.29, 0.717) is 25.3 Å². The maximum atomic E-state index is 11.4. The van der Waals surface area contributed by atoms with Gasteiger partial charge in [-0.25, -0.2) is 0 Å². The van der Waals surface area contributed by atoms with Crippen molar-refractivity contribution in [3.05, 3.63) is 0 Å². The third kappa shape index (κ3) is 6.26. The normalized spacial score (nSPS) is 19.5. The number of nitrogens with one attached hydrogen (secondary N) is 3. The molecule has 0 aliphatic carbocycles. The van der Waals surface area contributed by atoms with Crippen molar-refractivity contribution < 1.29 is 9.59 Å². The van der Waals surface area contributed by atoms with Gasteiger partial charge in [-0.3, -0.25) is 9.59 Å². The van der Waals surface area contributed by atoms with Crippen molar-refractivity contribution in [1.29, 1.82) is 0 Å². The van der Waals surface area contributed by atoms with Gasteiger partial charge in [0.1, 0.15) is 0 Å². The van der Waals surface area contributed by atoms with Crippen LogP contribution in [0.5, 0.6) is 0 Å². The van der Waals surface area contributed by atoms with E-state index in [0.717, 1.165) is 19.5 Å². The van der Waals surface area contributed by atoms with E-state index in [1.54, 1.807) is 0 Å². The summed E-state index contributed by atoms with van der Waals surface area (Å²) in [6, 6.07) is 0.237. The van der Waals surface area contributed by atoms with E-state index in [-0.39, 0.29) is 17.9 Å². The van der Waals surface area contributed by atoms with Crippen molar-refractivity contribution in [3.63, 3.8) is 0 Å². The zero-order valence-electron chi connectivity index (χ0n) is 10.7. The van der Waals surface area contributed by atoms with E-state index in [4.69, 9.17) is 0 Å². The second-order valence-electron chi connectivity index (χ2n) is 4.96. The Morgan fingerprint density at radius 2 is 2.29 bits per heavy atom. The van der Waals surface area contributed by atoms with Crippen LogP contribution in [0.25, 0.3) is 0 Å². The molecule has 0 saturated carbocycles. The molecule has 0 aromatic rings. The molecule has 0 aromatic heterocycles. The lowest BCUT2D eigenvalue weighted by Gasteiger charge is -2.11. The zero-order valence-corrected chi connectivity index (χ0v) is 10.7. The van der Waals surface area contributed by atoms with Gasteiger partial charge in [0.2, 0.25) is 11.8 Å². The molecule has 5 heteroatoms. The van der Waals surface area contributed by atoms with Crippen molar-refractivity contribution in [2.24, 2.45) is 5.92 Å². The quantitative estimate of drug-likeness (QED) is 0.550. The van der Waals surface area contributed by atoms with Crippen LogP contribution in [0, 0.1) is 5.92 Å². The first kappa shape index (κ1) is 14.0. The first-order valence-corrected chi connectivity index (χ1v) is 6.34. The minimum Gasteiger partial charge on any atom is -0.356 e. The summed E-state index contributed by atoms with van der Waals surface area (Å²) in [6.45, 7) is 6.29. The maximum absolute atomic E-state index is 11.4. The van der Waals surface area contributed by atoms with Crippen molar-refractivity contribution in [3.8, 4) is 0 Å². The minimum atomic E-state index is 0.0849. The highest BCUT2D eigenvalue weighted by Gasteiger charge is 2.19. The zero-order chi connectivity index (χ0) is 12.7. The van der Waals surface area contributed by atoms with Crippen LogP contribution in [0.4, 0.5) is 0 Å². The first-order chi connectivity index (χ1) is 8.08. The Balaban J connectivity index is 1.96. The molecule has 98 valence electrons. The minimum absolute atomic E-state index is 0.0849. The maximum Gasteiger partial charge on any atom is 0.221 e. The Morgan fingerprint density at radius 3 is 2.88 bits per heavy atom. The molecule has 0 bridgehead atoms. The van der Waals surface area contributed by atoms with Gasteiger partial charge in [-0.1, -0.05) is 13.8 Å².